The highest BCUT2D eigenvalue weighted by Gasteiger charge is 2.22. The van der Waals surface area contributed by atoms with Crippen LogP contribution in [0, 0.1) is 0 Å². The van der Waals surface area contributed by atoms with E-state index in [0.717, 1.165) is 57.8 Å². The molecule has 3 unspecified atom stereocenters. The maximum absolute atomic E-state index is 12.3. The van der Waals surface area contributed by atoms with Crippen molar-refractivity contribution >= 4 is 5.91 Å². The fraction of sp³-hybridized carbons (Fsp3) is 0.825. The van der Waals surface area contributed by atoms with Crippen molar-refractivity contribution in [2.24, 2.45) is 0 Å². The van der Waals surface area contributed by atoms with E-state index in [2.05, 4.69) is 43.5 Å². The van der Waals surface area contributed by atoms with Gasteiger partial charge in [-0.3, -0.25) is 4.79 Å². The third-order valence-corrected chi connectivity index (χ3v) is 8.70. The Morgan fingerprint density at radius 1 is 0.533 bits per heavy atom. The number of carbonyl (C=O) groups excluding carboxylic acids is 1. The molecule has 4 N–H and O–H groups in total. The molecule has 5 heteroatoms. The quantitative estimate of drug-likeness (QED) is 0.0419. The average molecular weight is 634 g/mol. The molecule has 0 saturated heterocycles. The zero-order valence-corrected chi connectivity index (χ0v) is 29.7. The van der Waals surface area contributed by atoms with Crippen LogP contribution in [0.5, 0.6) is 0 Å². The highest BCUT2D eigenvalue weighted by molar-refractivity contribution is 5.80. The molecular weight excluding hydrogens is 558 g/mol. The minimum absolute atomic E-state index is 0.380. The normalized spacial score (nSPS) is 14.2. The Labute approximate surface area is 279 Å². The van der Waals surface area contributed by atoms with Crippen molar-refractivity contribution in [1.82, 2.24) is 5.32 Å². The number of carbonyl (C=O) groups is 1. The molecule has 0 aliphatic rings. The molecule has 5 nitrogen and oxygen atoms in total. The summed E-state index contributed by atoms with van der Waals surface area (Å²) < 4.78 is 0. The van der Waals surface area contributed by atoms with Crippen molar-refractivity contribution in [3.8, 4) is 0 Å². The van der Waals surface area contributed by atoms with Crippen molar-refractivity contribution in [3.05, 3.63) is 36.5 Å². The molecule has 0 aromatic heterocycles. The van der Waals surface area contributed by atoms with E-state index in [0.29, 0.717) is 6.42 Å². The summed E-state index contributed by atoms with van der Waals surface area (Å²) in [6.45, 7) is 4.10. The Balaban J connectivity index is 3.74. The van der Waals surface area contributed by atoms with Gasteiger partial charge in [0.2, 0.25) is 5.91 Å². The van der Waals surface area contributed by atoms with Crippen LogP contribution in [0.25, 0.3) is 0 Å². The summed E-state index contributed by atoms with van der Waals surface area (Å²) >= 11 is 0. The van der Waals surface area contributed by atoms with E-state index < -0.39 is 24.2 Å². The molecule has 264 valence electrons. The van der Waals surface area contributed by atoms with Crippen LogP contribution in [0.2, 0.25) is 0 Å². The van der Waals surface area contributed by atoms with Crippen LogP contribution in [0.15, 0.2) is 36.5 Å². The Hall–Kier alpha value is -1.43. The predicted octanol–water partition coefficient (Wildman–Crippen LogP) is 10.4. The molecule has 1 amide bonds. The van der Waals surface area contributed by atoms with Crippen molar-refractivity contribution < 1.29 is 20.1 Å². The lowest BCUT2D eigenvalue weighted by Crippen LogP contribution is -2.48. The third kappa shape index (κ3) is 31.0. The summed E-state index contributed by atoms with van der Waals surface area (Å²) in [5, 5.41) is 32.9. The van der Waals surface area contributed by atoms with E-state index in [1.54, 1.807) is 6.08 Å². The van der Waals surface area contributed by atoms with E-state index in [9.17, 15) is 20.1 Å². The second kappa shape index (κ2) is 35.4. The first-order valence-electron chi connectivity index (χ1n) is 19.3. The molecule has 0 bridgehead atoms. The molecule has 0 spiro atoms. The highest BCUT2D eigenvalue weighted by Crippen LogP contribution is 2.14. The van der Waals surface area contributed by atoms with E-state index in [1.807, 2.05) is 6.08 Å². The topological polar surface area (TPSA) is 89.8 Å². The molecule has 0 heterocycles. The molecule has 0 aromatic rings. The van der Waals surface area contributed by atoms with Crippen molar-refractivity contribution in [1.29, 1.82) is 0 Å². The summed E-state index contributed by atoms with van der Waals surface area (Å²) in [6.07, 6.45) is 43.2. The monoisotopic (exact) mass is 634 g/mol. The van der Waals surface area contributed by atoms with E-state index in [1.165, 1.54) is 109 Å². The van der Waals surface area contributed by atoms with Gasteiger partial charge in [0.05, 0.1) is 18.8 Å². The Bertz CT molecular complexity index is 704. The van der Waals surface area contributed by atoms with E-state index >= 15 is 0 Å². The maximum Gasteiger partial charge on any atom is 0.249 e. The second-order valence-corrected chi connectivity index (χ2v) is 13.1. The zero-order chi connectivity index (χ0) is 33.1. The fourth-order valence-electron chi connectivity index (χ4n) is 5.59. The van der Waals surface area contributed by atoms with Gasteiger partial charge in [-0.15, -0.1) is 0 Å². The fourth-order valence-corrected chi connectivity index (χ4v) is 5.59. The third-order valence-electron chi connectivity index (χ3n) is 8.70. The smallest absolute Gasteiger partial charge is 0.249 e. The molecule has 0 fully saturated rings. The van der Waals surface area contributed by atoms with Gasteiger partial charge < -0.3 is 20.6 Å². The molecule has 0 aliphatic heterocycles. The summed E-state index contributed by atoms with van der Waals surface area (Å²) in [5.41, 5.74) is 0. The molecule has 0 aliphatic carbocycles. The minimum Gasteiger partial charge on any atom is -0.394 e. The molecular formula is C40H75NO4. The van der Waals surface area contributed by atoms with Gasteiger partial charge in [0.15, 0.2) is 0 Å². The lowest BCUT2D eigenvalue weighted by atomic mass is 10.0. The van der Waals surface area contributed by atoms with Gasteiger partial charge in [-0.2, -0.15) is 0 Å². The first-order chi connectivity index (χ1) is 22.1. The zero-order valence-electron chi connectivity index (χ0n) is 29.7. The number of hydrogen-bond acceptors (Lipinski definition) is 4. The second-order valence-electron chi connectivity index (χ2n) is 13.1. The molecule has 3 atom stereocenters. The summed E-state index contributed by atoms with van der Waals surface area (Å²) in [6, 6.07) is -0.816. The summed E-state index contributed by atoms with van der Waals surface area (Å²) in [5.74, 6) is -0.526. The Morgan fingerprint density at radius 3 is 1.42 bits per heavy atom. The molecule has 0 saturated carbocycles. The van der Waals surface area contributed by atoms with Gasteiger partial charge in [-0.05, 0) is 51.4 Å². The molecule has 0 rings (SSSR count). The van der Waals surface area contributed by atoms with Crippen LogP contribution >= 0.6 is 0 Å². The van der Waals surface area contributed by atoms with Crippen LogP contribution in [0.1, 0.15) is 187 Å². The highest BCUT2D eigenvalue weighted by atomic mass is 16.3. The van der Waals surface area contributed by atoms with Crippen LogP contribution in [0.4, 0.5) is 0 Å². The van der Waals surface area contributed by atoms with Gasteiger partial charge in [0, 0.05) is 0 Å². The molecule has 0 radical (unpaired) electrons. The molecule has 0 aromatic carbocycles. The standard InChI is InChI=1S/C40H75NO4/c1-3-5-7-9-11-13-15-16-17-18-19-20-21-22-23-24-25-27-28-30-32-34-38(43)37(36-42)41-40(45)39(44)35-33-31-29-26-14-12-10-8-6-4-2/h10,12,25,27,32,34,37-39,42-44H,3-9,11,13-24,26,28-31,33,35-36H2,1-2H3,(H,41,45)/b12-10-,27-25+,34-32+. The summed E-state index contributed by atoms with van der Waals surface area (Å²) in [4.78, 5) is 12.3. The summed E-state index contributed by atoms with van der Waals surface area (Å²) in [7, 11) is 0. The maximum atomic E-state index is 12.3. The van der Waals surface area contributed by atoms with Crippen LogP contribution < -0.4 is 5.32 Å². The average Bonchev–Trinajstić information content (AvgIpc) is 3.04. The number of aliphatic hydroxyl groups is 3. The van der Waals surface area contributed by atoms with Gasteiger partial charge in [-0.1, -0.05) is 172 Å². The number of nitrogens with one attached hydrogen (secondary N) is 1. The first-order valence-corrected chi connectivity index (χ1v) is 19.3. The number of allylic oxidation sites excluding steroid dienone is 5. The van der Waals surface area contributed by atoms with Crippen LogP contribution in [-0.4, -0.2) is 46.1 Å². The Morgan fingerprint density at radius 2 is 0.933 bits per heavy atom. The minimum atomic E-state index is -1.11. The van der Waals surface area contributed by atoms with E-state index in [4.69, 9.17) is 0 Å². The van der Waals surface area contributed by atoms with Crippen LogP contribution in [-0.2, 0) is 4.79 Å². The number of amides is 1. The van der Waals surface area contributed by atoms with Gasteiger partial charge in [0.25, 0.3) is 0 Å². The van der Waals surface area contributed by atoms with Gasteiger partial charge in [0.1, 0.15) is 6.10 Å². The number of rotatable bonds is 34. The number of unbranched alkanes of at least 4 members (excludes halogenated alkanes) is 22. The predicted molar refractivity (Wildman–Crippen MR) is 194 cm³/mol. The lowest BCUT2D eigenvalue weighted by molar-refractivity contribution is -0.131. The van der Waals surface area contributed by atoms with Crippen LogP contribution in [0.3, 0.4) is 0 Å². The largest absolute Gasteiger partial charge is 0.394 e. The number of aliphatic hydroxyl groups excluding tert-OH is 3. The van der Waals surface area contributed by atoms with E-state index in [-0.39, 0.29) is 6.61 Å². The van der Waals surface area contributed by atoms with Crippen molar-refractivity contribution in [2.45, 2.75) is 205 Å². The number of hydrogen-bond donors (Lipinski definition) is 4. The van der Waals surface area contributed by atoms with Crippen molar-refractivity contribution in [3.63, 3.8) is 0 Å². The molecule has 45 heavy (non-hydrogen) atoms. The van der Waals surface area contributed by atoms with Gasteiger partial charge in [-0.25, -0.2) is 0 Å². The lowest BCUT2D eigenvalue weighted by Gasteiger charge is -2.21. The van der Waals surface area contributed by atoms with Gasteiger partial charge >= 0.3 is 0 Å². The van der Waals surface area contributed by atoms with Crippen molar-refractivity contribution in [2.75, 3.05) is 6.61 Å². The SMILES string of the molecule is CCCC/C=C\CCCCCCC(O)C(=O)NC(CO)C(O)/C=C/CC/C=C/CCCCCCCCCCCCCCCCC. The Kier molecular flexibility index (Phi) is 34.3. The first kappa shape index (κ1) is 43.6.